The summed E-state index contributed by atoms with van der Waals surface area (Å²) in [6, 6.07) is 3.88. The van der Waals surface area contributed by atoms with E-state index in [9.17, 15) is 4.79 Å². The van der Waals surface area contributed by atoms with Gasteiger partial charge in [-0.25, -0.2) is 0 Å². The Morgan fingerprint density at radius 3 is 2.69 bits per heavy atom. The Balaban J connectivity index is 2.57. The molecule has 1 unspecified atom stereocenters. The van der Waals surface area contributed by atoms with Crippen molar-refractivity contribution in [2.45, 2.75) is 39.8 Å². The first-order chi connectivity index (χ1) is 7.52. The number of hydrogen-bond acceptors (Lipinski definition) is 3. The van der Waals surface area contributed by atoms with Gasteiger partial charge in [-0.15, -0.1) is 0 Å². The molecule has 1 aromatic heterocycles. The number of aliphatic carboxylic acids is 1. The highest BCUT2D eigenvalue weighted by atomic mass is 16.4. The molecule has 0 bridgehead atoms. The molecule has 0 saturated carbocycles. The fourth-order valence-corrected chi connectivity index (χ4v) is 1.73. The molecule has 0 radical (unpaired) electrons. The fourth-order valence-electron chi connectivity index (χ4n) is 1.73. The van der Waals surface area contributed by atoms with Crippen molar-refractivity contribution < 1.29 is 14.3 Å². The molecule has 1 atom stereocenters. The van der Waals surface area contributed by atoms with Crippen molar-refractivity contribution in [3.05, 3.63) is 23.7 Å². The van der Waals surface area contributed by atoms with E-state index in [0.29, 0.717) is 6.54 Å². The first-order valence-corrected chi connectivity index (χ1v) is 5.54. The lowest BCUT2D eigenvalue weighted by Crippen LogP contribution is -2.33. The van der Waals surface area contributed by atoms with Crippen LogP contribution in [-0.2, 0) is 11.3 Å². The van der Waals surface area contributed by atoms with Crippen LogP contribution < -0.4 is 0 Å². The monoisotopic (exact) mass is 225 g/mol. The summed E-state index contributed by atoms with van der Waals surface area (Å²) in [7, 11) is 0. The van der Waals surface area contributed by atoms with Crippen molar-refractivity contribution in [1.29, 1.82) is 0 Å². The Morgan fingerprint density at radius 1 is 1.56 bits per heavy atom. The van der Waals surface area contributed by atoms with Crippen LogP contribution in [0.4, 0.5) is 0 Å². The molecule has 1 rings (SSSR count). The number of hydrogen-bond donors (Lipinski definition) is 1. The molecule has 0 aliphatic carbocycles. The van der Waals surface area contributed by atoms with Gasteiger partial charge in [0.25, 0.3) is 0 Å². The molecular formula is C12H19NO3. The van der Waals surface area contributed by atoms with Crippen molar-refractivity contribution in [2.24, 2.45) is 0 Å². The van der Waals surface area contributed by atoms with E-state index < -0.39 is 5.97 Å². The van der Waals surface area contributed by atoms with Gasteiger partial charge in [-0.05, 0) is 32.5 Å². The van der Waals surface area contributed by atoms with Crippen LogP contribution >= 0.6 is 0 Å². The molecule has 0 fully saturated rings. The van der Waals surface area contributed by atoms with Crippen LogP contribution in [0.2, 0.25) is 0 Å². The number of furan rings is 1. The molecule has 4 nitrogen and oxygen atoms in total. The summed E-state index contributed by atoms with van der Waals surface area (Å²) in [6.07, 6.45) is 0.160. The van der Waals surface area contributed by atoms with Crippen LogP contribution in [0.15, 0.2) is 16.5 Å². The van der Waals surface area contributed by atoms with Crippen molar-refractivity contribution in [3.8, 4) is 0 Å². The first kappa shape index (κ1) is 12.8. The van der Waals surface area contributed by atoms with Crippen molar-refractivity contribution >= 4 is 5.97 Å². The minimum atomic E-state index is -0.762. The smallest absolute Gasteiger partial charge is 0.304 e. The molecule has 1 heterocycles. The van der Waals surface area contributed by atoms with E-state index in [0.717, 1.165) is 18.1 Å². The summed E-state index contributed by atoms with van der Waals surface area (Å²) in [5.41, 5.74) is 0. The van der Waals surface area contributed by atoms with Gasteiger partial charge >= 0.3 is 5.97 Å². The molecule has 0 spiro atoms. The van der Waals surface area contributed by atoms with Crippen LogP contribution in [-0.4, -0.2) is 28.6 Å². The first-order valence-electron chi connectivity index (χ1n) is 5.54. The van der Waals surface area contributed by atoms with E-state index in [1.165, 1.54) is 0 Å². The zero-order chi connectivity index (χ0) is 12.1. The standard InChI is InChI=1S/C12H19NO3/c1-4-13(9(2)7-12(14)15)8-11-6-5-10(3)16-11/h5-6,9H,4,7-8H2,1-3H3,(H,14,15). The SMILES string of the molecule is CCN(Cc1ccc(C)o1)C(C)CC(=O)O. The van der Waals surface area contributed by atoms with Gasteiger partial charge in [0.1, 0.15) is 11.5 Å². The van der Waals surface area contributed by atoms with E-state index in [1.54, 1.807) is 0 Å². The van der Waals surface area contributed by atoms with Crippen molar-refractivity contribution in [1.82, 2.24) is 4.90 Å². The lowest BCUT2D eigenvalue weighted by Gasteiger charge is -2.25. The minimum Gasteiger partial charge on any atom is -0.481 e. The zero-order valence-corrected chi connectivity index (χ0v) is 10.1. The summed E-state index contributed by atoms with van der Waals surface area (Å²) in [5, 5.41) is 8.75. The van der Waals surface area contributed by atoms with E-state index in [2.05, 4.69) is 4.90 Å². The summed E-state index contributed by atoms with van der Waals surface area (Å²) in [6.45, 7) is 7.33. The minimum absolute atomic E-state index is 0.0212. The highest BCUT2D eigenvalue weighted by molar-refractivity contribution is 5.67. The molecule has 1 N–H and O–H groups in total. The Kier molecular flexibility index (Phi) is 4.55. The van der Waals surface area contributed by atoms with Crippen LogP contribution in [0, 0.1) is 6.92 Å². The predicted octanol–water partition coefficient (Wildman–Crippen LogP) is 2.27. The van der Waals surface area contributed by atoms with Gasteiger partial charge < -0.3 is 9.52 Å². The maximum absolute atomic E-state index is 10.6. The number of carboxylic acid groups (broad SMARTS) is 1. The van der Waals surface area contributed by atoms with Gasteiger partial charge in [0.15, 0.2) is 0 Å². The second kappa shape index (κ2) is 5.70. The van der Waals surface area contributed by atoms with Gasteiger partial charge in [0, 0.05) is 6.04 Å². The van der Waals surface area contributed by atoms with Gasteiger partial charge in [0.2, 0.25) is 0 Å². The normalized spacial score (nSPS) is 13.0. The van der Waals surface area contributed by atoms with Gasteiger partial charge in [-0.3, -0.25) is 9.69 Å². The molecule has 0 aromatic carbocycles. The molecule has 0 saturated heterocycles. The summed E-state index contributed by atoms with van der Waals surface area (Å²) < 4.78 is 5.48. The summed E-state index contributed by atoms with van der Waals surface area (Å²) in [4.78, 5) is 12.7. The summed E-state index contributed by atoms with van der Waals surface area (Å²) >= 11 is 0. The Morgan fingerprint density at radius 2 is 2.25 bits per heavy atom. The number of carbonyl (C=O) groups is 1. The van der Waals surface area contributed by atoms with Crippen LogP contribution in [0.3, 0.4) is 0 Å². The third-order valence-electron chi connectivity index (χ3n) is 2.65. The van der Waals surface area contributed by atoms with Crippen LogP contribution in [0.25, 0.3) is 0 Å². The lowest BCUT2D eigenvalue weighted by atomic mass is 10.2. The largest absolute Gasteiger partial charge is 0.481 e. The Hall–Kier alpha value is -1.29. The fraction of sp³-hybridized carbons (Fsp3) is 0.583. The average molecular weight is 225 g/mol. The van der Waals surface area contributed by atoms with Gasteiger partial charge in [0.05, 0.1) is 13.0 Å². The molecule has 0 aliphatic rings. The van der Waals surface area contributed by atoms with Gasteiger partial charge in [-0.1, -0.05) is 6.92 Å². The number of carboxylic acids is 1. The van der Waals surface area contributed by atoms with E-state index >= 15 is 0 Å². The molecule has 90 valence electrons. The molecule has 0 amide bonds. The highest BCUT2D eigenvalue weighted by Gasteiger charge is 2.16. The number of rotatable bonds is 6. The maximum Gasteiger partial charge on any atom is 0.304 e. The Labute approximate surface area is 95.9 Å². The highest BCUT2D eigenvalue weighted by Crippen LogP contribution is 2.13. The molecule has 16 heavy (non-hydrogen) atoms. The van der Waals surface area contributed by atoms with E-state index in [-0.39, 0.29) is 12.5 Å². The topological polar surface area (TPSA) is 53.7 Å². The molecule has 4 heteroatoms. The molecule has 0 aliphatic heterocycles. The Bertz CT molecular complexity index is 346. The van der Waals surface area contributed by atoms with Crippen LogP contribution in [0.5, 0.6) is 0 Å². The number of aryl methyl sites for hydroxylation is 1. The maximum atomic E-state index is 10.6. The average Bonchev–Trinajstić information content (AvgIpc) is 2.59. The molecule has 1 aromatic rings. The zero-order valence-electron chi connectivity index (χ0n) is 10.1. The summed E-state index contributed by atoms with van der Waals surface area (Å²) in [5.74, 6) is 1.01. The van der Waals surface area contributed by atoms with Crippen molar-refractivity contribution in [2.75, 3.05) is 6.54 Å². The number of nitrogens with zero attached hydrogens (tertiary/aromatic N) is 1. The second-order valence-electron chi connectivity index (χ2n) is 4.02. The quantitative estimate of drug-likeness (QED) is 0.807. The van der Waals surface area contributed by atoms with E-state index in [4.69, 9.17) is 9.52 Å². The van der Waals surface area contributed by atoms with Crippen molar-refractivity contribution in [3.63, 3.8) is 0 Å². The lowest BCUT2D eigenvalue weighted by molar-refractivity contribution is -0.138. The third kappa shape index (κ3) is 3.70. The third-order valence-corrected chi connectivity index (χ3v) is 2.65. The van der Waals surface area contributed by atoms with Gasteiger partial charge in [-0.2, -0.15) is 0 Å². The second-order valence-corrected chi connectivity index (χ2v) is 4.02. The predicted molar refractivity (Wildman–Crippen MR) is 61.2 cm³/mol. The molecular weight excluding hydrogens is 206 g/mol. The van der Waals surface area contributed by atoms with E-state index in [1.807, 2.05) is 32.9 Å². The van der Waals surface area contributed by atoms with Crippen LogP contribution in [0.1, 0.15) is 31.8 Å².